The standard InChI is InChI=1S/C14H9F7N4O3/c1-5-4-6(25(27)28)23-24(5)3-2-7(26)22-13-11(17)9(15)8(14(19,20)21)10(16)12(13)18/h4H,2-3H2,1H3,(H,22,26). The molecule has 0 spiro atoms. The van der Waals surface area contributed by atoms with Crippen molar-refractivity contribution in [1.29, 1.82) is 0 Å². The Morgan fingerprint density at radius 1 is 1.18 bits per heavy atom. The Morgan fingerprint density at radius 3 is 2.14 bits per heavy atom. The summed E-state index contributed by atoms with van der Waals surface area (Å²) in [7, 11) is 0. The lowest BCUT2D eigenvalue weighted by atomic mass is 10.1. The Kier molecular flexibility index (Phi) is 5.61. The number of aryl methyl sites for hydroxylation is 2. The van der Waals surface area contributed by atoms with E-state index in [-0.39, 0.29) is 12.2 Å². The molecule has 0 radical (unpaired) electrons. The molecule has 152 valence electrons. The maximum atomic E-state index is 13.7. The first-order valence-electron chi connectivity index (χ1n) is 7.26. The number of nitro groups is 1. The topological polar surface area (TPSA) is 90.1 Å². The van der Waals surface area contributed by atoms with Crippen molar-refractivity contribution in [2.24, 2.45) is 0 Å². The van der Waals surface area contributed by atoms with Gasteiger partial charge >= 0.3 is 12.0 Å². The number of hydrogen-bond acceptors (Lipinski definition) is 4. The highest BCUT2D eigenvalue weighted by Gasteiger charge is 2.42. The number of anilines is 1. The quantitative estimate of drug-likeness (QED) is 0.350. The molecule has 1 aromatic heterocycles. The number of nitrogens with zero attached hydrogens (tertiary/aromatic N) is 3. The van der Waals surface area contributed by atoms with Crippen molar-refractivity contribution in [3.8, 4) is 0 Å². The fraction of sp³-hybridized carbons (Fsp3) is 0.286. The number of carbonyl (C=O) groups is 1. The van der Waals surface area contributed by atoms with Crippen molar-refractivity contribution in [3.05, 3.63) is 50.7 Å². The van der Waals surface area contributed by atoms with Gasteiger partial charge in [-0.1, -0.05) is 0 Å². The molecular weight excluding hydrogens is 405 g/mol. The fourth-order valence-corrected chi connectivity index (χ4v) is 2.21. The first kappa shape index (κ1) is 21.1. The highest BCUT2D eigenvalue weighted by Crippen LogP contribution is 2.38. The van der Waals surface area contributed by atoms with E-state index in [4.69, 9.17) is 0 Å². The zero-order valence-corrected chi connectivity index (χ0v) is 13.7. The van der Waals surface area contributed by atoms with Crippen LogP contribution < -0.4 is 5.32 Å². The molecule has 0 bridgehead atoms. The van der Waals surface area contributed by atoms with E-state index in [0.29, 0.717) is 0 Å². The monoisotopic (exact) mass is 414 g/mol. The van der Waals surface area contributed by atoms with E-state index in [2.05, 4.69) is 5.10 Å². The molecule has 28 heavy (non-hydrogen) atoms. The first-order chi connectivity index (χ1) is 12.8. The second kappa shape index (κ2) is 7.44. The van der Waals surface area contributed by atoms with Crippen LogP contribution in [-0.2, 0) is 17.5 Å². The maximum Gasteiger partial charge on any atom is 0.422 e. The van der Waals surface area contributed by atoms with Gasteiger partial charge in [0.25, 0.3) is 0 Å². The lowest BCUT2D eigenvalue weighted by Crippen LogP contribution is -2.21. The van der Waals surface area contributed by atoms with Gasteiger partial charge in [0.1, 0.15) is 11.3 Å². The molecule has 2 aromatic rings. The lowest BCUT2D eigenvalue weighted by molar-refractivity contribution is -0.389. The molecule has 0 aliphatic rings. The minimum Gasteiger partial charge on any atom is -0.358 e. The molecular formula is C14H9F7N4O3. The average molecular weight is 414 g/mol. The Labute approximate surface area is 150 Å². The van der Waals surface area contributed by atoms with Crippen LogP contribution in [0.25, 0.3) is 0 Å². The Bertz CT molecular complexity index is 926. The molecule has 1 aromatic carbocycles. The first-order valence-corrected chi connectivity index (χ1v) is 7.26. The van der Waals surface area contributed by atoms with Gasteiger partial charge in [-0.25, -0.2) is 17.6 Å². The van der Waals surface area contributed by atoms with E-state index in [1.165, 1.54) is 12.2 Å². The molecule has 0 atom stereocenters. The third kappa shape index (κ3) is 4.04. The maximum absolute atomic E-state index is 13.7. The summed E-state index contributed by atoms with van der Waals surface area (Å²) in [4.78, 5) is 21.6. The third-order valence-electron chi connectivity index (χ3n) is 3.52. The Morgan fingerprint density at radius 2 is 1.71 bits per heavy atom. The summed E-state index contributed by atoms with van der Waals surface area (Å²) in [5.41, 5.74) is -4.22. The van der Waals surface area contributed by atoms with Gasteiger partial charge in [-0.3, -0.25) is 4.79 Å². The van der Waals surface area contributed by atoms with E-state index >= 15 is 0 Å². The summed E-state index contributed by atoms with van der Waals surface area (Å²) in [6.45, 7) is 1.10. The van der Waals surface area contributed by atoms with Gasteiger partial charge in [-0.05, 0) is 11.8 Å². The number of halogens is 7. The molecule has 1 N–H and O–H groups in total. The second-order valence-electron chi connectivity index (χ2n) is 5.43. The van der Waals surface area contributed by atoms with Gasteiger partial charge in [0.15, 0.2) is 23.3 Å². The van der Waals surface area contributed by atoms with Gasteiger partial charge in [0.2, 0.25) is 5.91 Å². The summed E-state index contributed by atoms with van der Waals surface area (Å²) in [5.74, 6) is -12.0. The highest BCUT2D eigenvalue weighted by atomic mass is 19.4. The minimum absolute atomic E-state index is 0.267. The molecule has 0 aliphatic heterocycles. The van der Waals surface area contributed by atoms with E-state index in [1.54, 1.807) is 0 Å². The van der Waals surface area contributed by atoms with Crippen LogP contribution in [0.3, 0.4) is 0 Å². The molecule has 14 heteroatoms. The average Bonchev–Trinajstić information content (AvgIpc) is 2.95. The molecule has 7 nitrogen and oxygen atoms in total. The van der Waals surface area contributed by atoms with Crippen molar-refractivity contribution < 1.29 is 40.5 Å². The van der Waals surface area contributed by atoms with Crippen LogP contribution in [0.4, 0.5) is 42.2 Å². The van der Waals surface area contributed by atoms with Crippen molar-refractivity contribution in [1.82, 2.24) is 9.78 Å². The van der Waals surface area contributed by atoms with Crippen LogP contribution in [0.15, 0.2) is 6.07 Å². The van der Waals surface area contributed by atoms with Crippen LogP contribution in [-0.4, -0.2) is 20.6 Å². The van der Waals surface area contributed by atoms with Crippen LogP contribution in [0, 0.1) is 40.3 Å². The number of benzene rings is 1. The molecule has 2 rings (SSSR count). The number of hydrogen-bond donors (Lipinski definition) is 1. The van der Waals surface area contributed by atoms with E-state index in [0.717, 1.165) is 10.7 Å². The highest BCUT2D eigenvalue weighted by molar-refractivity contribution is 5.91. The fourth-order valence-electron chi connectivity index (χ4n) is 2.21. The van der Waals surface area contributed by atoms with E-state index in [9.17, 15) is 45.6 Å². The molecule has 0 saturated carbocycles. The molecule has 0 fully saturated rings. The third-order valence-corrected chi connectivity index (χ3v) is 3.52. The van der Waals surface area contributed by atoms with Crippen molar-refractivity contribution in [2.75, 3.05) is 5.32 Å². The normalized spacial score (nSPS) is 11.6. The summed E-state index contributed by atoms with van der Waals surface area (Å²) >= 11 is 0. The van der Waals surface area contributed by atoms with Crippen LogP contribution >= 0.6 is 0 Å². The number of aromatic nitrogens is 2. The Balaban J connectivity index is 2.22. The summed E-state index contributed by atoms with van der Waals surface area (Å²) in [5, 5.41) is 15.6. The van der Waals surface area contributed by atoms with Crippen LogP contribution in [0.5, 0.6) is 0 Å². The Hall–Kier alpha value is -3.19. The number of alkyl halides is 3. The van der Waals surface area contributed by atoms with Crippen molar-refractivity contribution >= 4 is 17.4 Å². The zero-order chi connectivity index (χ0) is 21.4. The largest absolute Gasteiger partial charge is 0.422 e. The van der Waals surface area contributed by atoms with E-state index < -0.39 is 63.8 Å². The van der Waals surface area contributed by atoms with Crippen molar-refractivity contribution in [2.45, 2.75) is 26.1 Å². The molecule has 0 aliphatic carbocycles. The molecule has 0 saturated heterocycles. The SMILES string of the molecule is Cc1cc([N+](=O)[O-])nn1CCC(=O)Nc1c(F)c(F)c(C(F)(F)F)c(F)c1F. The summed E-state index contributed by atoms with van der Waals surface area (Å²) in [6.07, 6.45) is -6.31. The number of nitrogens with one attached hydrogen (secondary N) is 1. The number of amides is 1. The van der Waals surface area contributed by atoms with Gasteiger partial charge in [0, 0.05) is 6.42 Å². The summed E-state index contributed by atoms with van der Waals surface area (Å²) in [6, 6.07) is 1.08. The van der Waals surface area contributed by atoms with E-state index in [1.807, 2.05) is 0 Å². The number of carbonyl (C=O) groups excluding carboxylic acids is 1. The van der Waals surface area contributed by atoms with Crippen LogP contribution in [0.1, 0.15) is 17.7 Å². The lowest BCUT2D eigenvalue weighted by Gasteiger charge is -2.14. The smallest absolute Gasteiger partial charge is 0.358 e. The second-order valence-corrected chi connectivity index (χ2v) is 5.43. The predicted molar refractivity (Wildman–Crippen MR) is 78.1 cm³/mol. The van der Waals surface area contributed by atoms with Gasteiger partial charge in [-0.15, -0.1) is 0 Å². The summed E-state index contributed by atoms with van der Waals surface area (Å²) < 4.78 is 93.0. The predicted octanol–water partition coefficient (Wildman–Crippen LogP) is 3.70. The molecule has 1 amide bonds. The molecule has 0 unspecified atom stereocenters. The van der Waals surface area contributed by atoms with Gasteiger partial charge in [0.05, 0.1) is 23.4 Å². The van der Waals surface area contributed by atoms with Crippen molar-refractivity contribution in [3.63, 3.8) is 0 Å². The molecule has 1 heterocycles. The van der Waals surface area contributed by atoms with Gasteiger partial charge in [-0.2, -0.15) is 17.9 Å². The van der Waals surface area contributed by atoms with Crippen LogP contribution in [0.2, 0.25) is 0 Å². The minimum atomic E-state index is -5.70. The van der Waals surface area contributed by atoms with Gasteiger partial charge < -0.3 is 15.4 Å². The number of rotatable bonds is 5. The zero-order valence-electron chi connectivity index (χ0n) is 13.7.